The van der Waals surface area contributed by atoms with Crippen LogP contribution in [0, 0.1) is 5.41 Å². The number of hydrogen-bond donors (Lipinski definition) is 1. The molecule has 1 aromatic rings. The number of nitrogens with one attached hydrogen (secondary N) is 1. The van der Waals surface area contributed by atoms with Crippen LogP contribution in [0.5, 0.6) is 0 Å². The molecule has 2 rings (SSSR count). The van der Waals surface area contributed by atoms with Gasteiger partial charge in [0.2, 0.25) is 0 Å². The summed E-state index contributed by atoms with van der Waals surface area (Å²) in [6, 6.07) is 1.81. The van der Waals surface area contributed by atoms with Crippen LogP contribution in [-0.2, 0) is 0 Å². The molecule has 0 saturated carbocycles. The summed E-state index contributed by atoms with van der Waals surface area (Å²) in [7, 11) is 0. The van der Waals surface area contributed by atoms with Gasteiger partial charge >= 0.3 is 0 Å². The second-order valence-corrected chi connectivity index (χ2v) is 6.06. The molecule has 1 fully saturated rings. The molecule has 2 nitrogen and oxygen atoms in total. The molecule has 1 unspecified atom stereocenters. The van der Waals surface area contributed by atoms with Gasteiger partial charge in [0.15, 0.2) is 5.78 Å². The highest BCUT2D eigenvalue weighted by Crippen LogP contribution is 2.38. The minimum absolute atomic E-state index is 0.221. The van der Waals surface area contributed by atoms with Gasteiger partial charge < -0.3 is 5.32 Å². The number of hydrogen-bond acceptors (Lipinski definition) is 3. The van der Waals surface area contributed by atoms with E-state index in [0.717, 1.165) is 43.6 Å². The second-order valence-electron chi connectivity index (χ2n) is 4.74. The minimum atomic E-state index is -0.221. The number of halogens is 1. The van der Waals surface area contributed by atoms with Crippen molar-refractivity contribution in [2.75, 3.05) is 13.1 Å². The van der Waals surface area contributed by atoms with E-state index in [1.54, 1.807) is 0 Å². The van der Waals surface area contributed by atoms with Crippen LogP contribution >= 0.6 is 22.9 Å². The Kier molecular flexibility index (Phi) is 4.23. The maximum Gasteiger partial charge on any atom is 0.181 e. The molecule has 0 spiro atoms. The lowest BCUT2D eigenvalue weighted by molar-refractivity contribution is 0.0723. The largest absolute Gasteiger partial charge is 0.316 e. The zero-order valence-electron chi connectivity index (χ0n) is 10.1. The number of thiophene rings is 1. The van der Waals surface area contributed by atoms with E-state index >= 15 is 0 Å². The fourth-order valence-corrected chi connectivity index (χ4v) is 3.87. The third kappa shape index (κ3) is 2.56. The molecule has 1 aliphatic rings. The van der Waals surface area contributed by atoms with Crippen molar-refractivity contribution in [2.45, 2.75) is 32.6 Å². The number of carbonyl (C=O) groups excluding carboxylic acids is 1. The van der Waals surface area contributed by atoms with Crippen molar-refractivity contribution in [3.8, 4) is 0 Å². The van der Waals surface area contributed by atoms with Crippen molar-refractivity contribution in [3.05, 3.63) is 21.3 Å². The van der Waals surface area contributed by atoms with Gasteiger partial charge in [-0.1, -0.05) is 24.9 Å². The van der Waals surface area contributed by atoms with Gasteiger partial charge in [-0.15, -0.1) is 11.3 Å². The van der Waals surface area contributed by atoms with Crippen LogP contribution in [0.1, 0.15) is 42.3 Å². The summed E-state index contributed by atoms with van der Waals surface area (Å²) < 4.78 is 0. The van der Waals surface area contributed by atoms with E-state index in [1.165, 1.54) is 11.3 Å². The van der Waals surface area contributed by atoms with Crippen LogP contribution in [0.15, 0.2) is 11.4 Å². The fraction of sp³-hybridized carbons (Fsp3) is 0.615. The van der Waals surface area contributed by atoms with Crippen molar-refractivity contribution < 1.29 is 4.79 Å². The SMILES string of the molecule is CCCC1(C(=O)c2sccc2Cl)CCCNC1. The molecule has 0 aliphatic carbocycles. The van der Waals surface area contributed by atoms with E-state index in [2.05, 4.69) is 12.2 Å². The van der Waals surface area contributed by atoms with Gasteiger partial charge in [-0.2, -0.15) is 0 Å². The molecule has 0 amide bonds. The van der Waals surface area contributed by atoms with Crippen LogP contribution in [0.4, 0.5) is 0 Å². The third-order valence-corrected chi connectivity index (χ3v) is 4.85. The first-order chi connectivity index (χ1) is 8.19. The van der Waals surface area contributed by atoms with Gasteiger partial charge in [0, 0.05) is 12.0 Å². The predicted molar refractivity (Wildman–Crippen MR) is 73.1 cm³/mol. The normalized spacial score (nSPS) is 24.8. The number of rotatable bonds is 4. The highest BCUT2D eigenvalue weighted by Gasteiger charge is 2.40. The Morgan fingerprint density at radius 3 is 3.00 bits per heavy atom. The van der Waals surface area contributed by atoms with E-state index in [4.69, 9.17) is 11.6 Å². The quantitative estimate of drug-likeness (QED) is 0.845. The minimum Gasteiger partial charge on any atom is -0.316 e. The predicted octanol–water partition coefficient (Wildman–Crippen LogP) is 3.75. The standard InChI is InChI=1S/C13H18ClNOS/c1-2-5-13(6-3-7-15-9-13)12(16)11-10(14)4-8-17-11/h4,8,15H,2-3,5-7,9H2,1H3. The Bertz CT molecular complexity index is 390. The van der Waals surface area contributed by atoms with Crippen molar-refractivity contribution in [2.24, 2.45) is 5.41 Å². The lowest BCUT2D eigenvalue weighted by Crippen LogP contribution is -2.45. The highest BCUT2D eigenvalue weighted by atomic mass is 35.5. The van der Waals surface area contributed by atoms with Gasteiger partial charge in [0.25, 0.3) is 0 Å². The Morgan fingerprint density at radius 1 is 1.65 bits per heavy atom. The summed E-state index contributed by atoms with van der Waals surface area (Å²) in [6.07, 6.45) is 4.05. The molecule has 2 heterocycles. The van der Waals surface area contributed by atoms with Crippen molar-refractivity contribution >= 4 is 28.7 Å². The van der Waals surface area contributed by atoms with E-state index in [-0.39, 0.29) is 11.2 Å². The smallest absolute Gasteiger partial charge is 0.181 e. The summed E-state index contributed by atoms with van der Waals surface area (Å²) >= 11 is 7.55. The van der Waals surface area contributed by atoms with Crippen LogP contribution < -0.4 is 5.32 Å². The average molecular weight is 272 g/mol. The van der Waals surface area contributed by atoms with E-state index in [1.807, 2.05) is 11.4 Å². The van der Waals surface area contributed by atoms with Gasteiger partial charge in [-0.3, -0.25) is 4.79 Å². The monoisotopic (exact) mass is 271 g/mol. The molecule has 1 atom stereocenters. The zero-order chi connectivity index (χ0) is 12.3. The van der Waals surface area contributed by atoms with E-state index < -0.39 is 0 Å². The van der Waals surface area contributed by atoms with Crippen LogP contribution in [0.3, 0.4) is 0 Å². The summed E-state index contributed by atoms with van der Waals surface area (Å²) in [5, 5.41) is 5.87. The summed E-state index contributed by atoms with van der Waals surface area (Å²) in [5.41, 5.74) is -0.221. The number of carbonyl (C=O) groups is 1. The topological polar surface area (TPSA) is 29.1 Å². The van der Waals surface area contributed by atoms with E-state index in [9.17, 15) is 4.79 Å². The van der Waals surface area contributed by atoms with Gasteiger partial charge in [-0.05, 0) is 37.3 Å². The Morgan fingerprint density at radius 2 is 2.47 bits per heavy atom. The molecule has 1 aliphatic heterocycles. The number of Topliss-reactive ketones (excluding diaryl/α,β-unsaturated/α-hetero) is 1. The molecule has 0 radical (unpaired) electrons. The molecule has 1 aromatic heterocycles. The van der Waals surface area contributed by atoms with Crippen LogP contribution in [-0.4, -0.2) is 18.9 Å². The Balaban J connectivity index is 2.27. The first kappa shape index (κ1) is 13.1. The third-order valence-electron chi connectivity index (χ3n) is 3.51. The molecule has 17 heavy (non-hydrogen) atoms. The second kappa shape index (κ2) is 5.51. The van der Waals surface area contributed by atoms with Crippen molar-refractivity contribution in [3.63, 3.8) is 0 Å². The maximum atomic E-state index is 12.7. The first-order valence-electron chi connectivity index (χ1n) is 6.18. The average Bonchev–Trinajstić information content (AvgIpc) is 2.76. The summed E-state index contributed by atoms with van der Waals surface area (Å²) in [4.78, 5) is 13.4. The Hall–Kier alpha value is -0.380. The summed E-state index contributed by atoms with van der Waals surface area (Å²) in [5.74, 6) is 0.242. The van der Waals surface area contributed by atoms with Gasteiger partial charge in [-0.25, -0.2) is 0 Å². The summed E-state index contributed by atoms with van der Waals surface area (Å²) in [6.45, 7) is 3.96. The van der Waals surface area contributed by atoms with Gasteiger partial charge in [0.05, 0.1) is 9.90 Å². The lowest BCUT2D eigenvalue weighted by atomic mass is 9.73. The zero-order valence-corrected chi connectivity index (χ0v) is 11.7. The fourth-order valence-electron chi connectivity index (χ4n) is 2.66. The van der Waals surface area contributed by atoms with Crippen LogP contribution in [0.2, 0.25) is 5.02 Å². The number of ketones is 1. The van der Waals surface area contributed by atoms with Crippen LogP contribution in [0.25, 0.3) is 0 Å². The highest BCUT2D eigenvalue weighted by molar-refractivity contribution is 7.12. The molecule has 1 N–H and O–H groups in total. The number of piperidine rings is 1. The first-order valence-corrected chi connectivity index (χ1v) is 7.44. The van der Waals surface area contributed by atoms with Crippen molar-refractivity contribution in [1.29, 1.82) is 0 Å². The molecular weight excluding hydrogens is 254 g/mol. The van der Waals surface area contributed by atoms with Crippen molar-refractivity contribution in [1.82, 2.24) is 5.32 Å². The molecular formula is C13H18ClNOS. The molecule has 0 bridgehead atoms. The Labute approximate surface area is 111 Å². The maximum absolute atomic E-state index is 12.7. The molecule has 94 valence electrons. The lowest BCUT2D eigenvalue weighted by Gasteiger charge is -2.36. The molecule has 0 aromatic carbocycles. The van der Waals surface area contributed by atoms with Gasteiger partial charge in [0.1, 0.15) is 0 Å². The molecule has 4 heteroatoms. The van der Waals surface area contributed by atoms with E-state index in [0.29, 0.717) is 5.02 Å². The molecule has 1 saturated heterocycles.